The highest BCUT2D eigenvalue weighted by atomic mass is 19.4. The third kappa shape index (κ3) is 3.12. The Morgan fingerprint density at radius 1 is 1.18 bits per heavy atom. The highest BCUT2D eigenvalue weighted by Gasteiger charge is 2.62. The van der Waals surface area contributed by atoms with Crippen molar-refractivity contribution in [2.75, 3.05) is 20.2 Å². The minimum absolute atomic E-state index is 0.0719. The fourth-order valence-electron chi connectivity index (χ4n) is 4.95. The number of methoxy groups -OCH3 is 1. The molecular weight excluding hydrogens is 373 g/mol. The summed E-state index contributed by atoms with van der Waals surface area (Å²) < 4.78 is 43.0. The molecule has 1 saturated heterocycles. The molecular formula is C20H23F3N2O3. The summed E-state index contributed by atoms with van der Waals surface area (Å²) in [5.41, 5.74) is -0.396. The van der Waals surface area contributed by atoms with E-state index in [1.54, 1.807) is 12.1 Å². The molecule has 0 radical (unpaired) electrons. The molecule has 4 rings (SSSR count). The van der Waals surface area contributed by atoms with Gasteiger partial charge in [-0.1, -0.05) is 12.1 Å². The van der Waals surface area contributed by atoms with Crippen LogP contribution in [0.3, 0.4) is 0 Å². The molecule has 2 aliphatic carbocycles. The highest BCUT2D eigenvalue weighted by Crippen LogP contribution is 2.59. The Kier molecular flexibility index (Phi) is 4.17. The van der Waals surface area contributed by atoms with E-state index in [1.807, 2.05) is 11.8 Å². The fraction of sp³-hybridized carbons (Fsp3) is 0.600. The maximum Gasteiger partial charge on any atom is 0.416 e. The van der Waals surface area contributed by atoms with Crippen molar-refractivity contribution in [1.82, 2.24) is 10.2 Å². The van der Waals surface area contributed by atoms with E-state index in [0.29, 0.717) is 31.8 Å². The van der Waals surface area contributed by atoms with Crippen LogP contribution in [0.1, 0.15) is 37.3 Å². The third-order valence-corrected chi connectivity index (χ3v) is 6.58. The normalized spacial score (nSPS) is 33.7. The largest absolute Gasteiger partial charge is 0.453 e. The summed E-state index contributed by atoms with van der Waals surface area (Å²) in [5, 5.41) is 2.76. The van der Waals surface area contributed by atoms with E-state index < -0.39 is 23.4 Å². The summed E-state index contributed by atoms with van der Waals surface area (Å²) >= 11 is 0. The number of carbonyl (C=O) groups excluding carboxylic acids is 2. The number of rotatable bonds is 3. The number of alkyl carbamates (subject to hydrolysis) is 1. The second-order valence-electron chi connectivity index (χ2n) is 8.63. The quantitative estimate of drug-likeness (QED) is 0.853. The molecule has 1 heterocycles. The second kappa shape index (κ2) is 6.12. The van der Waals surface area contributed by atoms with Crippen molar-refractivity contribution >= 4 is 12.0 Å². The van der Waals surface area contributed by atoms with Crippen LogP contribution in [0.2, 0.25) is 0 Å². The molecule has 5 nitrogen and oxygen atoms in total. The average molecular weight is 396 g/mol. The van der Waals surface area contributed by atoms with Gasteiger partial charge in [0, 0.05) is 30.0 Å². The zero-order valence-electron chi connectivity index (χ0n) is 15.8. The van der Waals surface area contributed by atoms with Crippen LogP contribution in [0.4, 0.5) is 18.0 Å². The molecule has 3 fully saturated rings. The number of benzene rings is 1. The van der Waals surface area contributed by atoms with E-state index >= 15 is 0 Å². The van der Waals surface area contributed by atoms with Crippen molar-refractivity contribution in [3.8, 4) is 0 Å². The van der Waals surface area contributed by atoms with Gasteiger partial charge in [0.05, 0.1) is 12.7 Å². The topological polar surface area (TPSA) is 58.6 Å². The molecule has 0 bridgehead atoms. The summed E-state index contributed by atoms with van der Waals surface area (Å²) in [6.07, 6.45) is -2.80. The maximum atomic E-state index is 12.8. The van der Waals surface area contributed by atoms with Crippen LogP contribution >= 0.6 is 0 Å². The number of carbonyl (C=O) groups is 2. The van der Waals surface area contributed by atoms with Crippen LogP contribution in [0.5, 0.6) is 0 Å². The number of amides is 2. The zero-order valence-corrected chi connectivity index (χ0v) is 15.8. The summed E-state index contributed by atoms with van der Waals surface area (Å²) in [6, 6.07) is 5.36. The minimum Gasteiger partial charge on any atom is -0.453 e. The lowest BCUT2D eigenvalue weighted by Crippen LogP contribution is -2.58. The Labute approximate surface area is 161 Å². The van der Waals surface area contributed by atoms with Gasteiger partial charge in [-0.2, -0.15) is 13.2 Å². The molecule has 0 spiro atoms. The molecule has 8 heteroatoms. The molecule has 152 valence electrons. The number of hydrogen-bond acceptors (Lipinski definition) is 3. The highest BCUT2D eigenvalue weighted by molar-refractivity contribution is 5.82. The van der Waals surface area contributed by atoms with Gasteiger partial charge < -0.3 is 15.0 Å². The third-order valence-electron chi connectivity index (χ3n) is 6.58. The molecule has 0 aromatic heterocycles. The monoisotopic (exact) mass is 396 g/mol. The number of halogens is 3. The van der Waals surface area contributed by atoms with Crippen LogP contribution in [0.15, 0.2) is 24.3 Å². The molecule has 2 saturated carbocycles. The number of ether oxygens (including phenoxy) is 1. The molecule has 1 N–H and O–H groups in total. The van der Waals surface area contributed by atoms with Crippen molar-refractivity contribution in [1.29, 1.82) is 0 Å². The Hall–Kier alpha value is -2.25. The Morgan fingerprint density at radius 3 is 2.39 bits per heavy atom. The summed E-state index contributed by atoms with van der Waals surface area (Å²) in [7, 11) is 1.30. The van der Waals surface area contributed by atoms with Gasteiger partial charge >= 0.3 is 12.3 Å². The lowest BCUT2D eigenvalue weighted by Gasteiger charge is -2.45. The summed E-state index contributed by atoms with van der Waals surface area (Å²) in [6.45, 7) is 3.09. The maximum absolute atomic E-state index is 12.8. The summed E-state index contributed by atoms with van der Waals surface area (Å²) in [4.78, 5) is 26.1. The van der Waals surface area contributed by atoms with Crippen LogP contribution in [0, 0.1) is 11.8 Å². The molecule has 28 heavy (non-hydrogen) atoms. The van der Waals surface area contributed by atoms with Crippen LogP contribution in [-0.4, -0.2) is 42.6 Å². The Bertz CT molecular complexity index is 802. The van der Waals surface area contributed by atoms with E-state index in [1.165, 1.54) is 7.11 Å². The molecule has 2 amide bonds. The number of nitrogens with zero attached hydrogens (tertiary/aromatic N) is 1. The number of alkyl halides is 3. The van der Waals surface area contributed by atoms with Gasteiger partial charge in [0.15, 0.2) is 0 Å². The molecule has 1 aromatic carbocycles. The van der Waals surface area contributed by atoms with E-state index in [4.69, 9.17) is 0 Å². The number of piperidine rings is 1. The van der Waals surface area contributed by atoms with Gasteiger partial charge in [0.25, 0.3) is 0 Å². The van der Waals surface area contributed by atoms with Gasteiger partial charge in [0.2, 0.25) is 5.91 Å². The van der Waals surface area contributed by atoms with Crippen LogP contribution < -0.4 is 5.32 Å². The first-order chi connectivity index (χ1) is 13.1. The van der Waals surface area contributed by atoms with Crippen molar-refractivity contribution in [2.45, 2.75) is 43.3 Å². The first-order valence-electron chi connectivity index (χ1n) is 9.39. The number of likely N-dealkylation sites (tertiary alicyclic amines) is 1. The average Bonchev–Trinajstić information content (AvgIpc) is 3.19. The van der Waals surface area contributed by atoms with Crippen molar-refractivity contribution in [3.05, 3.63) is 35.4 Å². The molecule has 2 atom stereocenters. The van der Waals surface area contributed by atoms with Crippen LogP contribution in [0.25, 0.3) is 0 Å². The summed E-state index contributed by atoms with van der Waals surface area (Å²) in [5.74, 6) is 0.250. The predicted octanol–water partition coefficient (Wildman–Crippen LogP) is 3.33. The Balaban J connectivity index is 1.37. The standard InChI is InChI=1S/C20H23F3N2O3/c1-18(24-17(27)28-2)7-12(8-18)16(26)25-10-15-9-19(15,11-25)13-3-5-14(6-4-13)20(21,22)23/h3-6,12,15H,7-11H2,1-2H3,(H,24,27)/t12-,15?,18+,19?. The molecule has 1 aromatic rings. The Morgan fingerprint density at radius 2 is 1.82 bits per heavy atom. The van der Waals surface area contributed by atoms with E-state index in [9.17, 15) is 22.8 Å². The molecule has 3 aliphatic rings. The van der Waals surface area contributed by atoms with Gasteiger partial charge in [-0.05, 0) is 49.8 Å². The van der Waals surface area contributed by atoms with Gasteiger partial charge in [0.1, 0.15) is 0 Å². The van der Waals surface area contributed by atoms with Gasteiger partial charge in [-0.25, -0.2) is 4.79 Å². The first kappa shape index (κ1) is 19.1. The molecule has 1 aliphatic heterocycles. The van der Waals surface area contributed by atoms with E-state index in [0.717, 1.165) is 24.1 Å². The van der Waals surface area contributed by atoms with Gasteiger partial charge in [-0.3, -0.25) is 4.79 Å². The number of hydrogen-bond donors (Lipinski definition) is 1. The zero-order chi connectivity index (χ0) is 20.3. The predicted molar refractivity (Wildman–Crippen MR) is 94.5 cm³/mol. The van der Waals surface area contributed by atoms with Crippen molar-refractivity contribution in [2.24, 2.45) is 11.8 Å². The lowest BCUT2D eigenvalue weighted by atomic mass is 9.69. The van der Waals surface area contributed by atoms with E-state index in [2.05, 4.69) is 10.1 Å². The fourth-order valence-corrected chi connectivity index (χ4v) is 4.95. The van der Waals surface area contributed by atoms with Crippen molar-refractivity contribution < 1.29 is 27.5 Å². The van der Waals surface area contributed by atoms with Crippen LogP contribution in [-0.2, 0) is 21.1 Å². The lowest BCUT2D eigenvalue weighted by molar-refractivity contribution is -0.140. The van der Waals surface area contributed by atoms with Gasteiger partial charge in [-0.15, -0.1) is 0 Å². The number of fused-ring (bicyclic) bond motifs is 1. The first-order valence-corrected chi connectivity index (χ1v) is 9.39. The smallest absolute Gasteiger partial charge is 0.416 e. The van der Waals surface area contributed by atoms with E-state index in [-0.39, 0.29) is 17.2 Å². The van der Waals surface area contributed by atoms with Crippen molar-refractivity contribution in [3.63, 3.8) is 0 Å². The molecule has 2 unspecified atom stereocenters. The minimum atomic E-state index is -4.34. The number of nitrogens with one attached hydrogen (secondary N) is 1. The SMILES string of the molecule is COC(=O)N[C@]1(C)C[C@H](C(=O)N2CC3CC3(c3ccc(C(F)(F)F)cc3)C2)C1. The second-order valence-corrected chi connectivity index (χ2v) is 8.63.